The van der Waals surface area contributed by atoms with Gasteiger partial charge in [-0.05, 0) is 6.42 Å². The van der Waals surface area contributed by atoms with Gasteiger partial charge in [-0.3, -0.25) is 14.4 Å². The molecule has 0 aliphatic heterocycles. The molecule has 0 aliphatic rings. The van der Waals surface area contributed by atoms with Gasteiger partial charge in [0.25, 0.3) is 0 Å². The molecular weight excluding hydrogens is 178 g/mol. The molecule has 0 saturated heterocycles. The Morgan fingerprint density at radius 1 is 1.46 bits per heavy atom. The van der Waals surface area contributed by atoms with Crippen LogP contribution in [0.5, 0.6) is 0 Å². The molecule has 0 aromatic rings. The molecule has 7 heteroatoms. The van der Waals surface area contributed by atoms with E-state index in [2.05, 4.69) is 5.73 Å². The van der Waals surface area contributed by atoms with E-state index < -0.39 is 17.9 Å². The molecule has 0 radical (unpaired) electrons. The largest absolute Gasteiger partial charge is 0.480 e. The maximum Gasteiger partial charge on any atom is 0.320 e. The van der Waals surface area contributed by atoms with Crippen molar-refractivity contribution in [1.82, 2.24) is 0 Å². The second-order valence-corrected chi connectivity index (χ2v) is 2.09. The fourth-order valence-electron chi connectivity index (χ4n) is 0.421. The molecule has 0 rings (SSSR count). The van der Waals surface area contributed by atoms with Crippen LogP contribution in [0.15, 0.2) is 0 Å². The van der Waals surface area contributed by atoms with Gasteiger partial charge in [-0.25, -0.2) is 0 Å². The maximum atomic E-state index is 10.1. The molecule has 13 heavy (non-hydrogen) atoms. The van der Waals surface area contributed by atoms with Crippen LogP contribution >= 0.6 is 0 Å². The molecule has 0 fully saturated rings. The number of carbonyl (C=O) groups is 3. The Balaban J connectivity index is 0. The summed E-state index contributed by atoms with van der Waals surface area (Å²) in [6.07, 6.45) is 0.373. The fraction of sp³-hybridized carbons (Fsp3) is 0.500. The molecule has 76 valence electrons. The Morgan fingerprint density at radius 2 is 1.85 bits per heavy atom. The first-order valence-corrected chi connectivity index (χ1v) is 3.37. The molecule has 7 N–H and O–H groups in total. The SMILES string of the molecule is NC(=O)CCC(N)C(=O)O.NC=O. The third kappa shape index (κ3) is 13.4. The van der Waals surface area contributed by atoms with Crippen LogP contribution in [-0.4, -0.2) is 29.4 Å². The van der Waals surface area contributed by atoms with Crippen molar-refractivity contribution in [2.75, 3.05) is 0 Å². The van der Waals surface area contributed by atoms with Crippen molar-refractivity contribution in [3.8, 4) is 0 Å². The summed E-state index contributed by atoms with van der Waals surface area (Å²) in [6.45, 7) is 0. The number of carboxylic acids is 1. The molecule has 0 heterocycles. The highest BCUT2D eigenvalue weighted by molar-refractivity contribution is 5.76. The normalized spacial score (nSPS) is 10.5. The summed E-state index contributed by atoms with van der Waals surface area (Å²) in [5.74, 6) is -1.64. The van der Waals surface area contributed by atoms with Crippen molar-refractivity contribution in [2.24, 2.45) is 17.2 Å². The van der Waals surface area contributed by atoms with E-state index in [1.54, 1.807) is 0 Å². The lowest BCUT2D eigenvalue weighted by Crippen LogP contribution is -2.31. The Kier molecular flexibility index (Phi) is 9.07. The van der Waals surface area contributed by atoms with Crippen LogP contribution in [0.3, 0.4) is 0 Å². The Labute approximate surface area is 74.9 Å². The van der Waals surface area contributed by atoms with E-state index in [0.717, 1.165) is 0 Å². The summed E-state index contributed by atoms with van der Waals surface area (Å²) in [6, 6.07) is -0.979. The molecule has 0 bridgehead atoms. The van der Waals surface area contributed by atoms with Gasteiger partial charge in [-0.15, -0.1) is 0 Å². The minimum atomic E-state index is -1.11. The van der Waals surface area contributed by atoms with E-state index >= 15 is 0 Å². The first-order chi connectivity index (χ1) is 5.95. The molecule has 2 amide bonds. The predicted octanol–water partition coefficient (Wildman–Crippen LogP) is -2.23. The maximum absolute atomic E-state index is 10.1. The molecule has 0 aromatic carbocycles. The second-order valence-electron chi connectivity index (χ2n) is 2.09. The van der Waals surface area contributed by atoms with Gasteiger partial charge in [0.05, 0.1) is 0 Å². The van der Waals surface area contributed by atoms with Crippen molar-refractivity contribution >= 4 is 18.3 Å². The lowest BCUT2D eigenvalue weighted by molar-refractivity contribution is -0.138. The van der Waals surface area contributed by atoms with E-state index in [1.807, 2.05) is 0 Å². The third-order valence-electron chi connectivity index (χ3n) is 1.02. The number of primary amides is 2. The van der Waals surface area contributed by atoms with Crippen LogP contribution < -0.4 is 17.2 Å². The second kappa shape index (κ2) is 8.47. The molecule has 0 aromatic heterocycles. The van der Waals surface area contributed by atoms with Crippen molar-refractivity contribution < 1.29 is 19.5 Å². The number of rotatable bonds is 4. The van der Waals surface area contributed by atoms with E-state index in [4.69, 9.17) is 21.4 Å². The van der Waals surface area contributed by atoms with Gasteiger partial charge in [0.2, 0.25) is 12.3 Å². The number of nitrogens with two attached hydrogens (primary N) is 3. The fourth-order valence-corrected chi connectivity index (χ4v) is 0.421. The zero-order valence-electron chi connectivity index (χ0n) is 6.97. The van der Waals surface area contributed by atoms with Crippen molar-refractivity contribution in [2.45, 2.75) is 18.9 Å². The molecule has 0 aliphatic carbocycles. The van der Waals surface area contributed by atoms with Gasteiger partial charge in [-0.2, -0.15) is 0 Å². The van der Waals surface area contributed by atoms with Crippen molar-refractivity contribution in [3.05, 3.63) is 0 Å². The van der Waals surface area contributed by atoms with Crippen LogP contribution in [0.4, 0.5) is 0 Å². The average Bonchev–Trinajstić information content (AvgIpc) is 2.01. The first kappa shape index (κ1) is 13.9. The van der Waals surface area contributed by atoms with Crippen LogP contribution in [0.25, 0.3) is 0 Å². The minimum Gasteiger partial charge on any atom is -0.480 e. The van der Waals surface area contributed by atoms with E-state index in [9.17, 15) is 9.59 Å². The number of hydrogen-bond donors (Lipinski definition) is 4. The third-order valence-corrected chi connectivity index (χ3v) is 1.02. The average molecular weight is 191 g/mol. The highest BCUT2D eigenvalue weighted by Crippen LogP contribution is 1.92. The Hall–Kier alpha value is -1.63. The lowest BCUT2D eigenvalue weighted by Gasteiger charge is -2.01. The van der Waals surface area contributed by atoms with E-state index in [0.29, 0.717) is 0 Å². The molecular formula is C6H13N3O4. The van der Waals surface area contributed by atoms with Crippen LogP contribution in [0, 0.1) is 0 Å². The zero-order chi connectivity index (χ0) is 10.9. The molecule has 7 nitrogen and oxygen atoms in total. The summed E-state index contributed by atoms with van der Waals surface area (Å²) in [4.78, 5) is 28.7. The first-order valence-electron chi connectivity index (χ1n) is 3.37. The van der Waals surface area contributed by atoms with Gasteiger partial charge in [0, 0.05) is 6.42 Å². The van der Waals surface area contributed by atoms with Crippen LogP contribution in [0.2, 0.25) is 0 Å². The smallest absolute Gasteiger partial charge is 0.320 e. The monoisotopic (exact) mass is 191 g/mol. The topological polar surface area (TPSA) is 150 Å². The quantitative estimate of drug-likeness (QED) is 0.371. The van der Waals surface area contributed by atoms with Crippen molar-refractivity contribution in [1.29, 1.82) is 0 Å². The summed E-state index contributed by atoms with van der Waals surface area (Å²) in [7, 11) is 0. The molecule has 0 saturated carbocycles. The molecule has 1 unspecified atom stereocenters. The minimum absolute atomic E-state index is 0.0213. The molecule has 1 atom stereocenters. The number of aliphatic carboxylic acids is 1. The van der Waals surface area contributed by atoms with Gasteiger partial charge >= 0.3 is 5.97 Å². The summed E-state index contributed by atoms with van der Waals surface area (Å²) in [5, 5.41) is 8.22. The summed E-state index contributed by atoms with van der Waals surface area (Å²) in [5.41, 5.74) is 14.0. The van der Waals surface area contributed by atoms with E-state index in [-0.39, 0.29) is 19.3 Å². The lowest BCUT2D eigenvalue weighted by atomic mass is 10.2. The van der Waals surface area contributed by atoms with Gasteiger partial charge in [0.15, 0.2) is 0 Å². The van der Waals surface area contributed by atoms with E-state index in [1.165, 1.54) is 0 Å². The van der Waals surface area contributed by atoms with Crippen LogP contribution in [-0.2, 0) is 14.4 Å². The number of hydrogen-bond acceptors (Lipinski definition) is 4. The van der Waals surface area contributed by atoms with Gasteiger partial charge in [-0.1, -0.05) is 0 Å². The van der Waals surface area contributed by atoms with Gasteiger partial charge < -0.3 is 22.3 Å². The van der Waals surface area contributed by atoms with Gasteiger partial charge in [0.1, 0.15) is 6.04 Å². The number of carbonyl (C=O) groups excluding carboxylic acids is 2. The highest BCUT2D eigenvalue weighted by atomic mass is 16.4. The zero-order valence-corrected chi connectivity index (χ0v) is 6.97. The standard InChI is InChI=1S/C5H10N2O3.CH3NO/c6-3(5(9)10)1-2-4(7)8;2-1-3/h3H,1-2,6H2,(H2,7,8)(H,9,10);1H,(H2,2,3). The highest BCUT2D eigenvalue weighted by Gasteiger charge is 2.11. The Bertz CT molecular complexity index is 183. The predicted molar refractivity (Wildman–Crippen MR) is 44.3 cm³/mol. The Morgan fingerprint density at radius 3 is 2.08 bits per heavy atom. The summed E-state index contributed by atoms with van der Waals surface area (Å²) >= 11 is 0. The van der Waals surface area contributed by atoms with Crippen LogP contribution in [0.1, 0.15) is 12.8 Å². The number of carboxylic acid groups (broad SMARTS) is 1. The number of amides is 2. The summed E-state index contributed by atoms with van der Waals surface area (Å²) < 4.78 is 0. The molecule has 0 spiro atoms. The van der Waals surface area contributed by atoms with Crippen molar-refractivity contribution in [3.63, 3.8) is 0 Å².